The van der Waals surface area contributed by atoms with Crippen LogP contribution in [0, 0.1) is 11.8 Å². The molecule has 6 heteroatoms. The second kappa shape index (κ2) is 8.52. The van der Waals surface area contributed by atoms with E-state index in [9.17, 15) is 9.59 Å². The standard InChI is InChI=1S/C24H30N2O3S/c1-16(2)25-23(28)24(15-26(10-11-29-24)22(27)20-13-17(20)3)14-18-6-8-19(9-7-18)21-5-4-12-30-21/h4-9,12,16-17,20H,10-11,13-15H2,1-3H3,(H,25,28)/t17-,20+,24-/m0/s1. The van der Waals surface area contributed by atoms with Crippen LogP contribution in [0.15, 0.2) is 41.8 Å². The molecule has 2 fully saturated rings. The number of rotatable bonds is 6. The summed E-state index contributed by atoms with van der Waals surface area (Å²) in [6.07, 6.45) is 1.39. The molecule has 4 rings (SSSR count). The lowest BCUT2D eigenvalue weighted by atomic mass is 9.90. The Morgan fingerprint density at radius 1 is 1.27 bits per heavy atom. The summed E-state index contributed by atoms with van der Waals surface area (Å²) in [5.41, 5.74) is 1.14. The Balaban J connectivity index is 1.56. The van der Waals surface area contributed by atoms with Crippen molar-refractivity contribution >= 4 is 23.2 Å². The monoisotopic (exact) mass is 426 g/mol. The van der Waals surface area contributed by atoms with Crippen molar-refractivity contribution in [2.45, 2.75) is 45.3 Å². The summed E-state index contributed by atoms with van der Waals surface area (Å²) in [6, 6.07) is 12.5. The van der Waals surface area contributed by atoms with Crippen LogP contribution in [0.2, 0.25) is 0 Å². The SMILES string of the molecule is CC(C)NC(=O)[C@]1(Cc2ccc(-c3cccs3)cc2)CN(C(=O)[C@@H]2C[C@@H]2C)CCO1. The van der Waals surface area contributed by atoms with Gasteiger partial charge in [0.1, 0.15) is 0 Å². The molecule has 2 amide bonds. The van der Waals surface area contributed by atoms with Gasteiger partial charge in [-0.2, -0.15) is 0 Å². The first-order chi connectivity index (χ1) is 14.4. The second-order valence-electron chi connectivity index (χ2n) is 8.90. The minimum atomic E-state index is -1.05. The Kier molecular flexibility index (Phi) is 5.98. The van der Waals surface area contributed by atoms with Crippen LogP contribution in [-0.2, 0) is 20.7 Å². The molecule has 0 bridgehead atoms. The normalized spacial score (nSPS) is 25.9. The van der Waals surface area contributed by atoms with Crippen molar-refractivity contribution in [1.82, 2.24) is 10.2 Å². The largest absolute Gasteiger partial charge is 0.361 e. The van der Waals surface area contributed by atoms with Crippen molar-refractivity contribution < 1.29 is 14.3 Å². The molecule has 0 radical (unpaired) electrons. The summed E-state index contributed by atoms with van der Waals surface area (Å²) >= 11 is 1.71. The first kappa shape index (κ1) is 21.1. The van der Waals surface area contributed by atoms with E-state index in [0.29, 0.717) is 32.0 Å². The van der Waals surface area contributed by atoms with E-state index < -0.39 is 5.60 Å². The molecule has 160 valence electrons. The molecule has 1 aromatic carbocycles. The molecule has 0 unspecified atom stereocenters. The molecule has 1 saturated carbocycles. The van der Waals surface area contributed by atoms with E-state index in [-0.39, 0.29) is 23.8 Å². The first-order valence-electron chi connectivity index (χ1n) is 10.7. The molecule has 1 saturated heterocycles. The van der Waals surface area contributed by atoms with Gasteiger partial charge in [0.2, 0.25) is 5.91 Å². The Bertz CT molecular complexity index is 894. The van der Waals surface area contributed by atoms with E-state index in [2.05, 4.69) is 48.0 Å². The van der Waals surface area contributed by atoms with Crippen molar-refractivity contribution in [2.75, 3.05) is 19.7 Å². The zero-order valence-electron chi connectivity index (χ0n) is 17.9. The zero-order chi connectivity index (χ0) is 21.3. The van der Waals surface area contributed by atoms with Gasteiger partial charge in [-0.05, 0) is 48.8 Å². The Hall–Kier alpha value is -2.18. The van der Waals surface area contributed by atoms with Gasteiger partial charge in [0, 0.05) is 29.8 Å². The third-order valence-corrected chi connectivity index (χ3v) is 6.93. The fourth-order valence-electron chi connectivity index (χ4n) is 4.15. The minimum Gasteiger partial charge on any atom is -0.361 e. The molecule has 1 aromatic heterocycles. The molecular formula is C24H30N2O3S. The third kappa shape index (κ3) is 4.44. The smallest absolute Gasteiger partial charge is 0.254 e. The Labute approximate surface area is 182 Å². The maximum absolute atomic E-state index is 13.2. The summed E-state index contributed by atoms with van der Waals surface area (Å²) in [6.45, 7) is 7.23. The summed E-state index contributed by atoms with van der Waals surface area (Å²) in [5.74, 6) is 0.588. The molecule has 30 heavy (non-hydrogen) atoms. The van der Waals surface area contributed by atoms with Crippen molar-refractivity contribution in [1.29, 1.82) is 0 Å². The molecule has 3 atom stereocenters. The molecule has 1 aliphatic heterocycles. The van der Waals surface area contributed by atoms with Gasteiger partial charge in [-0.1, -0.05) is 37.3 Å². The van der Waals surface area contributed by atoms with Crippen molar-refractivity contribution in [3.63, 3.8) is 0 Å². The average molecular weight is 427 g/mol. The molecule has 0 spiro atoms. The molecule has 2 heterocycles. The van der Waals surface area contributed by atoms with Gasteiger partial charge in [-0.15, -0.1) is 11.3 Å². The summed E-state index contributed by atoms with van der Waals surface area (Å²) in [4.78, 5) is 29.2. The quantitative estimate of drug-likeness (QED) is 0.766. The molecule has 1 N–H and O–H groups in total. The number of morpholine rings is 1. The van der Waals surface area contributed by atoms with E-state index in [4.69, 9.17) is 4.74 Å². The van der Waals surface area contributed by atoms with Crippen LogP contribution >= 0.6 is 11.3 Å². The van der Waals surface area contributed by atoms with Gasteiger partial charge in [0.05, 0.1) is 13.2 Å². The van der Waals surface area contributed by atoms with Gasteiger partial charge in [0.25, 0.3) is 5.91 Å². The van der Waals surface area contributed by atoms with Crippen LogP contribution in [0.3, 0.4) is 0 Å². The van der Waals surface area contributed by atoms with Crippen LogP contribution in [-0.4, -0.2) is 48.1 Å². The van der Waals surface area contributed by atoms with Crippen molar-refractivity contribution in [2.24, 2.45) is 11.8 Å². The highest BCUT2D eigenvalue weighted by Crippen LogP contribution is 2.40. The highest BCUT2D eigenvalue weighted by atomic mass is 32.1. The Morgan fingerprint density at radius 2 is 2.00 bits per heavy atom. The Morgan fingerprint density at radius 3 is 2.60 bits per heavy atom. The van der Waals surface area contributed by atoms with E-state index in [1.165, 1.54) is 10.4 Å². The van der Waals surface area contributed by atoms with Crippen molar-refractivity contribution in [3.05, 3.63) is 47.3 Å². The van der Waals surface area contributed by atoms with E-state index in [1.54, 1.807) is 11.3 Å². The molecule has 1 aliphatic carbocycles. The van der Waals surface area contributed by atoms with E-state index >= 15 is 0 Å². The van der Waals surface area contributed by atoms with Gasteiger partial charge in [0.15, 0.2) is 5.60 Å². The second-order valence-corrected chi connectivity index (χ2v) is 9.85. The maximum atomic E-state index is 13.2. The van der Waals surface area contributed by atoms with E-state index in [1.807, 2.05) is 24.8 Å². The molecule has 5 nitrogen and oxygen atoms in total. The summed E-state index contributed by atoms with van der Waals surface area (Å²) in [5, 5.41) is 5.09. The molecule has 2 aromatic rings. The van der Waals surface area contributed by atoms with Crippen LogP contribution in [0.5, 0.6) is 0 Å². The fourth-order valence-corrected chi connectivity index (χ4v) is 4.88. The van der Waals surface area contributed by atoms with Crippen molar-refractivity contribution in [3.8, 4) is 10.4 Å². The van der Waals surface area contributed by atoms with Crippen LogP contribution in [0.4, 0.5) is 0 Å². The van der Waals surface area contributed by atoms with Crippen LogP contribution in [0.25, 0.3) is 10.4 Å². The van der Waals surface area contributed by atoms with Gasteiger partial charge in [-0.3, -0.25) is 9.59 Å². The number of carbonyl (C=O) groups is 2. The number of nitrogens with zero attached hydrogens (tertiary/aromatic N) is 1. The lowest BCUT2D eigenvalue weighted by Gasteiger charge is -2.42. The number of hydrogen-bond acceptors (Lipinski definition) is 4. The molecular weight excluding hydrogens is 396 g/mol. The number of ether oxygens (including phenoxy) is 1. The van der Waals surface area contributed by atoms with Gasteiger partial charge >= 0.3 is 0 Å². The minimum absolute atomic E-state index is 0.00807. The predicted molar refractivity (Wildman–Crippen MR) is 119 cm³/mol. The zero-order valence-corrected chi connectivity index (χ0v) is 18.7. The highest BCUT2D eigenvalue weighted by molar-refractivity contribution is 7.13. The number of amides is 2. The number of carbonyl (C=O) groups excluding carboxylic acids is 2. The number of thiophene rings is 1. The number of nitrogens with one attached hydrogen (secondary N) is 1. The van der Waals surface area contributed by atoms with Crippen LogP contribution < -0.4 is 5.32 Å². The highest BCUT2D eigenvalue weighted by Gasteiger charge is 2.48. The van der Waals surface area contributed by atoms with Crippen LogP contribution in [0.1, 0.15) is 32.8 Å². The topological polar surface area (TPSA) is 58.6 Å². The lowest BCUT2D eigenvalue weighted by Crippen LogP contribution is -2.63. The summed E-state index contributed by atoms with van der Waals surface area (Å²) in [7, 11) is 0. The lowest BCUT2D eigenvalue weighted by molar-refractivity contribution is -0.167. The summed E-state index contributed by atoms with van der Waals surface area (Å²) < 4.78 is 6.14. The third-order valence-electron chi connectivity index (χ3n) is 6.01. The number of hydrogen-bond donors (Lipinski definition) is 1. The predicted octanol–water partition coefficient (Wildman–Crippen LogP) is 3.74. The fraction of sp³-hybridized carbons (Fsp3) is 0.500. The van der Waals surface area contributed by atoms with Gasteiger partial charge < -0.3 is 15.0 Å². The first-order valence-corrected chi connectivity index (χ1v) is 11.6. The van der Waals surface area contributed by atoms with Gasteiger partial charge in [-0.25, -0.2) is 0 Å². The maximum Gasteiger partial charge on any atom is 0.254 e. The number of benzene rings is 1. The molecule has 2 aliphatic rings. The average Bonchev–Trinajstić information content (AvgIpc) is 3.21. The van der Waals surface area contributed by atoms with E-state index in [0.717, 1.165) is 12.0 Å².